The first-order chi connectivity index (χ1) is 18.6. The molecule has 0 saturated carbocycles. The molecule has 1 aromatic carbocycles. The van der Waals surface area contributed by atoms with Crippen LogP contribution in [0.25, 0.3) is 0 Å². The Hall–Kier alpha value is -3.54. The normalized spacial score (nSPS) is 13.0. The number of nitrogens with zero attached hydrogens (tertiary/aromatic N) is 1. The Balaban J connectivity index is 3.65. The van der Waals surface area contributed by atoms with Crippen molar-refractivity contribution >= 4 is 23.9 Å². The molecule has 0 aromatic heterocycles. The maximum Gasteiger partial charge on any atom is 0.408 e. The van der Waals surface area contributed by atoms with Crippen LogP contribution in [0.5, 0.6) is 0 Å². The van der Waals surface area contributed by atoms with Gasteiger partial charge in [-0.3, -0.25) is 14.4 Å². The van der Waals surface area contributed by atoms with E-state index in [1.165, 1.54) is 4.90 Å². The highest BCUT2D eigenvalue weighted by Crippen LogP contribution is 2.34. The Bertz CT molecular complexity index is 1070. The van der Waals surface area contributed by atoms with Gasteiger partial charge in [-0.05, 0) is 71.9 Å². The Morgan fingerprint density at radius 3 is 2.20 bits per heavy atom. The van der Waals surface area contributed by atoms with E-state index >= 15 is 0 Å². The molecule has 3 amide bonds. The molecule has 2 atom stereocenters. The van der Waals surface area contributed by atoms with Crippen molar-refractivity contribution in [3.8, 4) is 12.3 Å². The number of benzene rings is 1. The van der Waals surface area contributed by atoms with Crippen LogP contribution in [-0.2, 0) is 23.9 Å². The van der Waals surface area contributed by atoms with Crippen molar-refractivity contribution in [1.29, 1.82) is 0 Å². The van der Waals surface area contributed by atoms with Crippen molar-refractivity contribution in [3.05, 3.63) is 35.4 Å². The van der Waals surface area contributed by atoms with Crippen LogP contribution in [0.15, 0.2) is 24.3 Å². The molecule has 2 unspecified atom stereocenters. The summed E-state index contributed by atoms with van der Waals surface area (Å²) in [6, 6.07) is 4.84. The van der Waals surface area contributed by atoms with E-state index < -0.39 is 47.1 Å². The van der Waals surface area contributed by atoms with Gasteiger partial charge in [0.15, 0.2) is 0 Å². The zero-order chi connectivity index (χ0) is 30.7. The van der Waals surface area contributed by atoms with Gasteiger partial charge in [0.25, 0.3) is 0 Å². The first-order valence-corrected chi connectivity index (χ1v) is 13.9. The van der Waals surface area contributed by atoms with E-state index in [0.717, 1.165) is 0 Å². The third-order valence-electron chi connectivity index (χ3n) is 6.30. The minimum atomic E-state index is -1.13. The quantitative estimate of drug-likeness (QED) is 0.268. The zero-order valence-corrected chi connectivity index (χ0v) is 25.6. The van der Waals surface area contributed by atoms with Crippen LogP contribution in [-0.4, -0.2) is 59.1 Å². The number of carbonyl (C=O) groups is 4. The lowest BCUT2D eigenvalue weighted by molar-refractivity contribution is -0.150. The summed E-state index contributed by atoms with van der Waals surface area (Å²) in [5.74, 6) is 1.29. The summed E-state index contributed by atoms with van der Waals surface area (Å²) in [6.45, 7) is 16.7. The summed E-state index contributed by atoms with van der Waals surface area (Å²) >= 11 is 0. The van der Waals surface area contributed by atoms with Gasteiger partial charge in [0.1, 0.15) is 17.7 Å². The summed E-state index contributed by atoms with van der Waals surface area (Å²) in [5.41, 5.74) is -0.662. The highest BCUT2D eigenvalue weighted by Gasteiger charge is 2.43. The molecule has 0 heterocycles. The van der Waals surface area contributed by atoms with Crippen molar-refractivity contribution in [2.45, 2.75) is 105 Å². The van der Waals surface area contributed by atoms with Gasteiger partial charge in [0, 0.05) is 17.6 Å². The predicted octanol–water partition coefficient (Wildman–Crippen LogP) is 4.74. The molecule has 0 aliphatic rings. The van der Waals surface area contributed by atoms with Crippen LogP contribution >= 0.6 is 0 Å². The fraction of sp³-hybridized carbons (Fsp3) is 0.613. The summed E-state index contributed by atoms with van der Waals surface area (Å²) in [7, 11) is 0. The molecular formula is C31H47N3O6. The van der Waals surface area contributed by atoms with Crippen molar-refractivity contribution < 1.29 is 28.7 Å². The van der Waals surface area contributed by atoms with E-state index in [9.17, 15) is 19.2 Å². The molecular weight excluding hydrogens is 510 g/mol. The number of terminal acetylenes is 1. The van der Waals surface area contributed by atoms with E-state index in [0.29, 0.717) is 24.0 Å². The van der Waals surface area contributed by atoms with Crippen molar-refractivity contribution in [3.63, 3.8) is 0 Å². The third kappa shape index (κ3) is 10.6. The smallest absolute Gasteiger partial charge is 0.408 e. The van der Waals surface area contributed by atoms with E-state index in [4.69, 9.17) is 15.9 Å². The Labute approximate surface area is 239 Å². The average Bonchev–Trinajstić information content (AvgIpc) is 2.85. The summed E-state index contributed by atoms with van der Waals surface area (Å²) in [5, 5.41) is 5.53. The van der Waals surface area contributed by atoms with Crippen LogP contribution in [0.4, 0.5) is 4.79 Å². The second-order valence-corrected chi connectivity index (χ2v) is 11.7. The van der Waals surface area contributed by atoms with Gasteiger partial charge in [0.05, 0.1) is 13.0 Å². The lowest BCUT2D eigenvalue weighted by Crippen LogP contribution is -2.59. The number of rotatable bonds is 13. The molecule has 1 rings (SSSR count). The number of ether oxygens (including phenoxy) is 2. The largest absolute Gasteiger partial charge is 0.466 e. The summed E-state index contributed by atoms with van der Waals surface area (Å²) in [6.07, 6.45) is 5.89. The monoisotopic (exact) mass is 557 g/mol. The number of carbonyl (C=O) groups excluding carboxylic acids is 4. The zero-order valence-electron chi connectivity index (χ0n) is 25.6. The van der Waals surface area contributed by atoms with Gasteiger partial charge in [-0.1, -0.05) is 44.9 Å². The molecule has 0 bridgehead atoms. The minimum Gasteiger partial charge on any atom is -0.466 e. The number of alkyl carbamates (subject to hydrolysis) is 1. The maximum absolute atomic E-state index is 14.4. The lowest BCUT2D eigenvalue weighted by Gasteiger charge is -2.45. The van der Waals surface area contributed by atoms with Crippen molar-refractivity contribution in [2.75, 3.05) is 13.2 Å². The summed E-state index contributed by atoms with van der Waals surface area (Å²) < 4.78 is 10.4. The van der Waals surface area contributed by atoms with Crippen LogP contribution < -0.4 is 10.6 Å². The molecule has 0 saturated heterocycles. The van der Waals surface area contributed by atoms with Gasteiger partial charge in [-0.15, -0.1) is 6.42 Å². The molecule has 0 aliphatic heterocycles. The fourth-order valence-electron chi connectivity index (χ4n) is 4.14. The lowest BCUT2D eigenvalue weighted by atomic mass is 9.89. The van der Waals surface area contributed by atoms with Crippen molar-refractivity contribution in [2.24, 2.45) is 5.92 Å². The Morgan fingerprint density at radius 2 is 1.68 bits per heavy atom. The molecule has 9 nitrogen and oxygen atoms in total. The molecule has 0 aliphatic carbocycles. The predicted molar refractivity (Wildman–Crippen MR) is 155 cm³/mol. The van der Waals surface area contributed by atoms with Crippen LogP contribution in [0.1, 0.15) is 98.7 Å². The van der Waals surface area contributed by atoms with Gasteiger partial charge >= 0.3 is 12.1 Å². The third-order valence-corrected chi connectivity index (χ3v) is 6.30. The van der Waals surface area contributed by atoms with E-state index in [2.05, 4.69) is 16.6 Å². The van der Waals surface area contributed by atoms with Crippen molar-refractivity contribution in [1.82, 2.24) is 15.5 Å². The second-order valence-electron chi connectivity index (χ2n) is 11.7. The van der Waals surface area contributed by atoms with Gasteiger partial charge in [0.2, 0.25) is 11.8 Å². The number of hydrogen-bond donors (Lipinski definition) is 2. The molecule has 2 N–H and O–H groups in total. The van der Waals surface area contributed by atoms with E-state index in [1.54, 1.807) is 52.0 Å². The SMILES string of the molecule is C#Cc1ccccc1C(C(=O)NCCC(=O)OCC)N(C(=O)C(CC(C)C)NC(=O)OC(C)(C)C)C(C)(C)CC. The topological polar surface area (TPSA) is 114 Å². The van der Waals surface area contributed by atoms with Crippen LogP contribution in [0.2, 0.25) is 0 Å². The Kier molecular flexibility index (Phi) is 13.2. The van der Waals surface area contributed by atoms with Gasteiger partial charge in [-0.2, -0.15) is 0 Å². The molecule has 9 heteroatoms. The molecule has 1 aromatic rings. The maximum atomic E-state index is 14.4. The molecule has 0 radical (unpaired) electrons. The fourth-order valence-corrected chi connectivity index (χ4v) is 4.14. The average molecular weight is 558 g/mol. The highest BCUT2D eigenvalue weighted by atomic mass is 16.6. The second kappa shape index (κ2) is 15.3. The minimum absolute atomic E-state index is 0.0204. The number of nitrogens with one attached hydrogen (secondary N) is 2. The highest BCUT2D eigenvalue weighted by molar-refractivity contribution is 5.93. The first-order valence-electron chi connectivity index (χ1n) is 13.9. The number of amides is 3. The van der Waals surface area contributed by atoms with E-state index in [1.807, 2.05) is 34.6 Å². The summed E-state index contributed by atoms with van der Waals surface area (Å²) in [4.78, 5) is 54.5. The van der Waals surface area contributed by atoms with Gasteiger partial charge < -0.3 is 25.0 Å². The van der Waals surface area contributed by atoms with Gasteiger partial charge in [-0.25, -0.2) is 4.79 Å². The standard InChI is InChI=1S/C31H47N3O6/c1-11-22-16-14-15-17-23(22)26(27(36)32-19-18-25(35)39-13-3)34(31(9,10)12-2)28(37)24(20-21(4)5)33-29(38)40-30(6,7)8/h1,14-17,21,24,26H,12-13,18-20H2,2-10H3,(H,32,36)(H,33,38). The molecule has 222 valence electrons. The molecule has 40 heavy (non-hydrogen) atoms. The number of esters is 1. The Morgan fingerprint density at radius 1 is 1.05 bits per heavy atom. The van der Waals surface area contributed by atoms with Crippen LogP contribution in [0, 0.1) is 18.3 Å². The van der Waals surface area contributed by atoms with E-state index in [-0.39, 0.29) is 25.5 Å². The first kappa shape index (κ1) is 34.5. The molecule has 0 spiro atoms. The molecule has 0 fully saturated rings. The number of hydrogen-bond acceptors (Lipinski definition) is 6. The van der Waals surface area contributed by atoms with Crippen LogP contribution in [0.3, 0.4) is 0 Å².